The molecular weight excluding hydrogens is 286 g/mol. The van der Waals surface area contributed by atoms with Gasteiger partial charge in [-0.3, -0.25) is 0 Å². The molecule has 0 amide bonds. The van der Waals surface area contributed by atoms with Crippen molar-refractivity contribution in [2.24, 2.45) is 0 Å². The van der Waals surface area contributed by atoms with Crippen LogP contribution in [-0.4, -0.2) is 31.5 Å². The summed E-state index contributed by atoms with van der Waals surface area (Å²) < 4.78 is 11.1. The van der Waals surface area contributed by atoms with Gasteiger partial charge in [0.05, 0.1) is 23.3 Å². The molecule has 19 heavy (non-hydrogen) atoms. The molecule has 0 fully saturated rings. The Morgan fingerprint density at radius 3 is 2.89 bits per heavy atom. The normalized spacial score (nSPS) is 14.5. The number of furan rings is 1. The zero-order valence-corrected chi connectivity index (χ0v) is 12.1. The Balaban J connectivity index is 2.07. The van der Waals surface area contributed by atoms with Gasteiger partial charge in [-0.25, -0.2) is 0 Å². The van der Waals surface area contributed by atoms with E-state index in [0.717, 1.165) is 15.0 Å². The quantitative estimate of drug-likeness (QED) is 0.825. The Bertz CT molecular complexity index is 486. The lowest BCUT2D eigenvalue weighted by Crippen LogP contribution is -2.32. The molecule has 104 valence electrons. The van der Waals surface area contributed by atoms with Crippen LogP contribution in [0, 0.1) is 0 Å². The minimum absolute atomic E-state index is 0.112. The van der Waals surface area contributed by atoms with Crippen LogP contribution in [0.2, 0.25) is 4.34 Å². The van der Waals surface area contributed by atoms with Crippen molar-refractivity contribution in [1.82, 2.24) is 5.32 Å². The molecule has 2 aromatic heterocycles. The number of thiophene rings is 1. The number of hydrogen-bond donors (Lipinski definition) is 2. The maximum atomic E-state index is 9.71. The van der Waals surface area contributed by atoms with Crippen LogP contribution in [0.4, 0.5) is 0 Å². The third-order valence-corrected chi connectivity index (χ3v) is 3.92. The Morgan fingerprint density at radius 2 is 2.32 bits per heavy atom. The fourth-order valence-corrected chi connectivity index (χ4v) is 2.93. The van der Waals surface area contributed by atoms with Crippen molar-refractivity contribution in [3.8, 4) is 0 Å². The van der Waals surface area contributed by atoms with Crippen molar-refractivity contribution in [3.05, 3.63) is 45.5 Å². The van der Waals surface area contributed by atoms with Crippen molar-refractivity contribution < 1.29 is 14.3 Å². The van der Waals surface area contributed by atoms with Gasteiger partial charge >= 0.3 is 0 Å². The van der Waals surface area contributed by atoms with Gasteiger partial charge in [0.25, 0.3) is 0 Å². The lowest BCUT2D eigenvalue weighted by molar-refractivity contribution is 0.0631. The highest BCUT2D eigenvalue weighted by Gasteiger charge is 2.19. The summed E-state index contributed by atoms with van der Waals surface area (Å²) >= 11 is 7.46. The number of ether oxygens (including phenoxy) is 1. The first-order valence-electron chi connectivity index (χ1n) is 5.89. The second kappa shape index (κ2) is 7.07. The lowest BCUT2D eigenvalue weighted by Gasteiger charge is -2.17. The standard InChI is InChI=1S/C13H16ClNO3S/c1-17-8-9(16)7-15-13(10-3-2-6-18-10)11-4-5-12(14)19-11/h2-6,9,13,15-16H,7-8H2,1H3. The van der Waals surface area contributed by atoms with Crippen LogP contribution in [0.15, 0.2) is 34.9 Å². The van der Waals surface area contributed by atoms with E-state index >= 15 is 0 Å². The molecule has 0 aliphatic carbocycles. The van der Waals surface area contributed by atoms with Crippen molar-refractivity contribution in [1.29, 1.82) is 0 Å². The number of rotatable bonds is 7. The predicted octanol–water partition coefficient (Wildman–Crippen LogP) is 2.68. The summed E-state index contributed by atoms with van der Waals surface area (Å²) in [6.07, 6.45) is 1.07. The smallest absolute Gasteiger partial charge is 0.126 e. The van der Waals surface area contributed by atoms with Gasteiger partial charge in [0, 0.05) is 18.5 Å². The first-order chi connectivity index (χ1) is 9.20. The number of aliphatic hydroxyl groups is 1. The molecule has 0 spiro atoms. The highest BCUT2D eigenvalue weighted by Crippen LogP contribution is 2.31. The van der Waals surface area contributed by atoms with E-state index in [0.29, 0.717) is 13.2 Å². The zero-order valence-electron chi connectivity index (χ0n) is 10.5. The summed E-state index contributed by atoms with van der Waals surface area (Å²) in [5.41, 5.74) is 0. The molecule has 2 aromatic rings. The molecule has 4 nitrogen and oxygen atoms in total. The van der Waals surface area contributed by atoms with Crippen molar-refractivity contribution in [2.45, 2.75) is 12.1 Å². The monoisotopic (exact) mass is 301 g/mol. The molecule has 0 aliphatic heterocycles. The highest BCUT2D eigenvalue weighted by molar-refractivity contribution is 7.16. The van der Waals surface area contributed by atoms with Crippen LogP contribution < -0.4 is 5.32 Å². The van der Waals surface area contributed by atoms with Crippen LogP contribution in [0.25, 0.3) is 0 Å². The summed E-state index contributed by atoms with van der Waals surface area (Å²) in [6, 6.07) is 7.43. The second-order valence-electron chi connectivity index (χ2n) is 4.11. The van der Waals surface area contributed by atoms with Gasteiger partial charge in [-0.05, 0) is 24.3 Å². The average molecular weight is 302 g/mol. The third kappa shape index (κ3) is 4.06. The Morgan fingerprint density at radius 1 is 1.47 bits per heavy atom. The van der Waals surface area contributed by atoms with Gasteiger partial charge in [-0.15, -0.1) is 11.3 Å². The van der Waals surface area contributed by atoms with Gasteiger partial charge in [0.1, 0.15) is 11.8 Å². The number of halogens is 1. The Hall–Kier alpha value is -0.850. The number of hydrogen-bond acceptors (Lipinski definition) is 5. The topological polar surface area (TPSA) is 54.6 Å². The SMILES string of the molecule is COCC(O)CNC(c1ccco1)c1ccc(Cl)s1. The fraction of sp³-hybridized carbons (Fsp3) is 0.385. The first kappa shape index (κ1) is 14.6. The molecule has 0 aromatic carbocycles. The summed E-state index contributed by atoms with van der Waals surface area (Å²) in [5, 5.41) is 13.0. The van der Waals surface area contributed by atoms with Crippen molar-refractivity contribution in [2.75, 3.05) is 20.3 Å². The molecule has 6 heteroatoms. The van der Waals surface area contributed by atoms with E-state index in [4.69, 9.17) is 20.8 Å². The van der Waals surface area contributed by atoms with Gasteiger partial charge in [0.15, 0.2) is 0 Å². The van der Waals surface area contributed by atoms with Crippen LogP contribution in [0.1, 0.15) is 16.7 Å². The molecule has 0 saturated carbocycles. The predicted molar refractivity (Wildman–Crippen MR) is 75.8 cm³/mol. The third-order valence-electron chi connectivity index (χ3n) is 2.62. The largest absolute Gasteiger partial charge is 0.467 e. The van der Waals surface area contributed by atoms with Gasteiger partial charge in [-0.2, -0.15) is 0 Å². The van der Waals surface area contributed by atoms with E-state index in [2.05, 4.69) is 5.32 Å². The first-order valence-corrected chi connectivity index (χ1v) is 7.09. The zero-order chi connectivity index (χ0) is 13.7. The molecule has 2 N–H and O–H groups in total. The number of methoxy groups -OCH3 is 1. The molecular formula is C13H16ClNO3S. The summed E-state index contributed by atoms with van der Waals surface area (Å²) in [5.74, 6) is 0.795. The highest BCUT2D eigenvalue weighted by atomic mass is 35.5. The van der Waals surface area contributed by atoms with E-state index in [1.54, 1.807) is 13.4 Å². The van der Waals surface area contributed by atoms with E-state index < -0.39 is 6.10 Å². The molecule has 2 atom stereocenters. The van der Waals surface area contributed by atoms with E-state index in [-0.39, 0.29) is 6.04 Å². The second-order valence-corrected chi connectivity index (χ2v) is 5.85. The maximum absolute atomic E-state index is 9.71. The molecule has 2 unspecified atom stereocenters. The summed E-state index contributed by atoms with van der Waals surface area (Å²) in [4.78, 5) is 1.05. The summed E-state index contributed by atoms with van der Waals surface area (Å²) in [6.45, 7) is 0.706. The minimum Gasteiger partial charge on any atom is -0.467 e. The Labute approximate surface area is 121 Å². The molecule has 2 rings (SSSR count). The average Bonchev–Trinajstić information content (AvgIpc) is 3.02. The molecule has 0 aliphatic rings. The van der Waals surface area contributed by atoms with Crippen LogP contribution in [0.3, 0.4) is 0 Å². The summed E-state index contributed by atoms with van der Waals surface area (Å²) in [7, 11) is 1.56. The molecule has 0 radical (unpaired) electrons. The van der Waals surface area contributed by atoms with Gasteiger partial charge < -0.3 is 19.6 Å². The molecule has 2 heterocycles. The molecule has 0 saturated heterocycles. The lowest BCUT2D eigenvalue weighted by atomic mass is 10.2. The van der Waals surface area contributed by atoms with Gasteiger partial charge in [-0.1, -0.05) is 11.6 Å². The number of nitrogens with one attached hydrogen (secondary N) is 1. The van der Waals surface area contributed by atoms with Crippen LogP contribution >= 0.6 is 22.9 Å². The maximum Gasteiger partial charge on any atom is 0.126 e. The number of aliphatic hydroxyl groups excluding tert-OH is 1. The van der Waals surface area contributed by atoms with Crippen LogP contribution in [0.5, 0.6) is 0 Å². The van der Waals surface area contributed by atoms with Crippen molar-refractivity contribution >= 4 is 22.9 Å². The minimum atomic E-state index is -0.558. The fourth-order valence-electron chi connectivity index (χ4n) is 1.79. The Kier molecular flexibility index (Phi) is 5.42. The van der Waals surface area contributed by atoms with Gasteiger partial charge in [0.2, 0.25) is 0 Å². The van der Waals surface area contributed by atoms with E-state index in [1.165, 1.54) is 11.3 Å². The van der Waals surface area contributed by atoms with Crippen molar-refractivity contribution in [3.63, 3.8) is 0 Å². The van der Waals surface area contributed by atoms with E-state index in [9.17, 15) is 5.11 Å². The van der Waals surface area contributed by atoms with Crippen LogP contribution in [-0.2, 0) is 4.74 Å². The van der Waals surface area contributed by atoms with E-state index in [1.807, 2.05) is 24.3 Å². The molecule has 0 bridgehead atoms.